The van der Waals surface area contributed by atoms with Crippen molar-refractivity contribution in [2.24, 2.45) is 0 Å². The van der Waals surface area contributed by atoms with Gasteiger partial charge in [-0.3, -0.25) is 9.69 Å². The number of rotatable bonds is 6. The minimum Gasteiger partial charge on any atom is -0.492 e. The molecule has 1 aliphatic rings. The quantitative estimate of drug-likeness (QED) is 0.726. The van der Waals surface area contributed by atoms with Gasteiger partial charge in [-0.1, -0.05) is 11.6 Å². The summed E-state index contributed by atoms with van der Waals surface area (Å²) in [6, 6.07) is 7.38. The summed E-state index contributed by atoms with van der Waals surface area (Å²) in [4.78, 5) is 20.5. The topological polar surface area (TPSA) is 45.7 Å². The van der Waals surface area contributed by atoms with Gasteiger partial charge in [0.15, 0.2) is 0 Å². The van der Waals surface area contributed by atoms with Gasteiger partial charge in [0, 0.05) is 55.4 Å². The van der Waals surface area contributed by atoms with E-state index >= 15 is 0 Å². The summed E-state index contributed by atoms with van der Waals surface area (Å²) < 4.78 is 5.72. The Kier molecular flexibility index (Phi) is 6.44. The number of thiazole rings is 1. The molecule has 5 nitrogen and oxygen atoms in total. The van der Waals surface area contributed by atoms with Crippen LogP contribution >= 0.6 is 22.9 Å². The van der Waals surface area contributed by atoms with E-state index in [1.54, 1.807) is 18.3 Å². The molecule has 1 fully saturated rings. The second kappa shape index (κ2) is 8.99. The fraction of sp³-hybridized carbons (Fsp3) is 0.333. The van der Waals surface area contributed by atoms with Crippen molar-refractivity contribution in [3.8, 4) is 5.75 Å². The summed E-state index contributed by atoms with van der Waals surface area (Å²) in [5.41, 5.74) is 0. The summed E-state index contributed by atoms with van der Waals surface area (Å²) in [5, 5.41) is 3.46. The van der Waals surface area contributed by atoms with Crippen LogP contribution in [0.2, 0.25) is 5.02 Å². The molecule has 1 aliphatic heterocycles. The SMILES string of the molecule is O=C(C=Cc1nccs1)N1CCN(CCOc2ccc(Cl)cc2)CC1. The van der Waals surface area contributed by atoms with Gasteiger partial charge in [0.25, 0.3) is 0 Å². The fourth-order valence-corrected chi connectivity index (χ4v) is 3.24. The molecule has 0 unspecified atom stereocenters. The number of carbonyl (C=O) groups excluding carboxylic acids is 1. The Bertz CT molecular complexity index is 696. The molecule has 1 aromatic heterocycles. The van der Waals surface area contributed by atoms with Crippen LogP contribution in [0.4, 0.5) is 0 Å². The van der Waals surface area contributed by atoms with E-state index in [1.165, 1.54) is 11.3 Å². The van der Waals surface area contributed by atoms with Gasteiger partial charge < -0.3 is 9.64 Å². The van der Waals surface area contributed by atoms with E-state index in [0.717, 1.165) is 43.5 Å². The van der Waals surface area contributed by atoms with Gasteiger partial charge in [-0.2, -0.15) is 0 Å². The average molecular weight is 378 g/mol. The van der Waals surface area contributed by atoms with Gasteiger partial charge in [-0.25, -0.2) is 4.98 Å². The fourth-order valence-electron chi connectivity index (χ4n) is 2.58. The lowest BCUT2D eigenvalue weighted by molar-refractivity contribution is -0.127. The minimum atomic E-state index is 0.0484. The predicted molar refractivity (Wildman–Crippen MR) is 101 cm³/mol. The van der Waals surface area contributed by atoms with Crippen molar-refractivity contribution >= 4 is 34.9 Å². The molecule has 1 amide bonds. The van der Waals surface area contributed by atoms with Gasteiger partial charge in [0.05, 0.1) is 0 Å². The number of halogens is 1. The monoisotopic (exact) mass is 377 g/mol. The molecular formula is C18H20ClN3O2S. The van der Waals surface area contributed by atoms with Gasteiger partial charge >= 0.3 is 0 Å². The third kappa shape index (κ3) is 5.56. The lowest BCUT2D eigenvalue weighted by atomic mass is 10.3. The largest absolute Gasteiger partial charge is 0.492 e. The molecule has 7 heteroatoms. The van der Waals surface area contributed by atoms with Crippen LogP contribution in [-0.4, -0.2) is 60.0 Å². The number of benzene rings is 1. The lowest BCUT2D eigenvalue weighted by Gasteiger charge is -2.34. The highest BCUT2D eigenvalue weighted by molar-refractivity contribution is 7.10. The molecule has 2 heterocycles. The highest BCUT2D eigenvalue weighted by Gasteiger charge is 2.19. The maximum Gasteiger partial charge on any atom is 0.246 e. The smallest absolute Gasteiger partial charge is 0.246 e. The van der Waals surface area contributed by atoms with Crippen molar-refractivity contribution in [1.29, 1.82) is 0 Å². The first kappa shape index (κ1) is 17.9. The molecule has 0 saturated carbocycles. The Morgan fingerprint density at radius 1 is 1.24 bits per heavy atom. The average Bonchev–Trinajstić information content (AvgIpc) is 3.15. The first-order valence-electron chi connectivity index (χ1n) is 8.18. The van der Waals surface area contributed by atoms with Gasteiger partial charge in [-0.15, -0.1) is 11.3 Å². The third-order valence-electron chi connectivity index (χ3n) is 3.99. The molecule has 0 aliphatic carbocycles. The molecule has 0 spiro atoms. The summed E-state index contributed by atoms with van der Waals surface area (Å²) >= 11 is 7.38. The van der Waals surface area contributed by atoms with Crippen LogP contribution < -0.4 is 4.74 Å². The zero-order valence-electron chi connectivity index (χ0n) is 13.8. The van der Waals surface area contributed by atoms with E-state index in [9.17, 15) is 4.79 Å². The second-order valence-corrected chi connectivity index (χ2v) is 7.04. The van der Waals surface area contributed by atoms with Gasteiger partial charge in [-0.05, 0) is 30.3 Å². The van der Waals surface area contributed by atoms with Crippen LogP contribution in [0, 0.1) is 0 Å². The molecule has 1 aromatic carbocycles. The van der Waals surface area contributed by atoms with Crippen molar-refractivity contribution in [3.05, 3.63) is 51.9 Å². The Balaban J connectivity index is 1.36. The van der Waals surface area contributed by atoms with E-state index < -0.39 is 0 Å². The molecular weight excluding hydrogens is 358 g/mol. The van der Waals surface area contributed by atoms with E-state index in [-0.39, 0.29) is 5.91 Å². The van der Waals surface area contributed by atoms with Crippen LogP contribution in [0.5, 0.6) is 5.75 Å². The molecule has 0 radical (unpaired) electrons. The van der Waals surface area contributed by atoms with Crippen molar-refractivity contribution < 1.29 is 9.53 Å². The van der Waals surface area contributed by atoms with Crippen LogP contribution in [-0.2, 0) is 4.79 Å². The summed E-state index contributed by atoms with van der Waals surface area (Å²) in [7, 11) is 0. The number of ether oxygens (including phenoxy) is 1. The van der Waals surface area contributed by atoms with E-state index in [1.807, 2.05) is 34.5 Å². The van der Waals surface area contributed by atoms with E-state index in [4.69, 9.17) is 16.3 Å². The summed E-state index contributed by atoms with van der Waals surface area (Å²) in [6.07, 6.45) is 5.12. The number of aromatic nitrogens is 1. The molecule has 0 bridgehead atoms. The zero-order chi connectivity index (χ0) is 17.5. The first-order chi connectivity index (χ1) is 12.2. The number of piperazine rings is 1. The molecule has 1 saturated heterocycles. The van der Waals surface area contributed by atoms with E-state index in [0.29, 0.717) is 11.6 Å². The summed E-state index contributed by atoms with van der Waals surface area (Å²) in [5.74, 6) is 0.873. The van der Waals surface area contributed by atoms with Crippen molar-refractivity contribution in [2.75, 3.05) is 39.3 Å². The van der Waals surface area contributed by atoms with Gasteiger partial charge in [0.2, 0.25) is 5.91 Å². The first-order valence-corrected chi connectivity index (χ1v) is 9.44. The highest BCUT2D eigenvalue weighted by atomic mass is 35.5. The molecule has 0 N–H and O–H groups in total. The Hall–Kier alpha value is -1.89. The maximum atomic E-state index is 12.2. The zero-order valence-corrected chi connectivity index (χ0v) is 15.4. The molecule has 3 rings (SSSR count). The standard InChI is InChI=1S/C18H20ClN3O2S/c19-15-1-3-16(4-2-15)24-13-12-21-8-10-22(11-9-21)18(23)6-5-17-20-7-14-25-17/h1-7,14H,8-13H2. The highest BCUT2D eigenvalue weighted by Crippen LogP contribution is 2.15. The minimum absolute atomic E-state index is 0.0484. The summed E-state index contributed by atoms with van der Waals surface area (Å²) in [6.45, 7) is 4.67. The van der Waals surface area contributed by atoms with Crippen LogP contribution in [0.3, 0.4) is 0 Å². The van der Waals surface area contributed by atoms with Crippen LogP contribution in [0.25, 0.3) is 6.08 Å². The molecule has 132 valence electrons. The van der Waals surface area contributed by atoms with Crippen LogP contribution in [0.15, 0.2) is 41.9 Å². The molecule has 25 heavy (non-hydrogen) atoms. The maximum absolute atomic E-state index is 12.2. The third-order valence-corrected chi connectivity index (χ3v) is 4.99. The van der Waals surface area contributed by atoms with Crippen molar-refractivity contribution in [1.82, 2.24) is 14.8 Å². The number of nitrogens with zero attached hydrogens (tertiary/aromatic N) is 3. The Morgan fingerprint density at radius 2 is 2.00 bits per heavy atom. The lowest BCUT2D eigenvalue weighted by Crippen LogP contribution is -2.49. The van der Waals surface area contributed by atoms with Crippen molar-refractivity contribution in [2.45, 2.75) is 0 Å². The number of carbonyl (C=O) groups is 1. The Morgan fingerprint density at radius 3 is 2.68 bits per heavy atom. The number of amides is 1. The Labute approximate surface area is 156 Å². The van der Waals surface area contributed by atoms with Crippen molar-refractivity contribution in [3.63, 3.8) is 0 Å². The molecule has 0 atom stereocenters. The molecule has 2 aromatic rings. The van der Waals surface area contributed by atoms with E-state index in [2.05, 4.69) is 9.88 Å². The van der Waals surface area contributed by atoms with Gasteiger partial charge in [0.1, 0.15) is 17.4 Å². The number of hydrogen-bond acceptors (Lipinski definition) is 5. The van der Waals surface area contributed by atoms with Crippen LogP contribution in [0.1, 0.15) is 5.01 Å². The number of hydrogen-bond donors (Lipinski definition) is 0. The predicted octanol–water partition coefficient (Wildman–Crippen LogP) is 3.03. The second-order valence-electron chi connectivity index (χ2n) is 5.67. The normalized spacial score (nSPS) is 15.6.